The van der Waals surface area contributed by atoms with E-state index in [4.69, 9.17) is 0 Å². The predicted octanol–water partition coefficient (Wildman–Crippen LogP) is 0.959. The van der Waals surface area contributed by atoms with Crippen molar-refractivity contribution in [2.75, 3.05) is 32.7 Å². The van der Waals surface area contributed by atoms with Crippen LogP contribution >= 0.6 is 0 Å². The minimum Gasteiger partial charge on any atom is -0.337 e. The molecule has 0 spiro atoms. The predicted molar refractivity (Wildman–Crippen MR) is 65.4 cm³/mol. The van der Waals surface area contributed by atoms with Crippen molar-refractivity contribution < 1.29 is 0 Å². The summed E-state index contributed by atoms with van der Waals surface area (Å²) in [6, 6.07) is 0. The third kappa shape index (κ3) is 3.94. The first-order valence-corrected chi connectivity index (χ1v) is 6.34. The van der Waals surface area contributed by atoms with Gasteiger partial charge in [-0.3, -0.25) is 0 Å². The number of aromatic nitrogens is 2. The molecule has 2 rings (SSSR count). The second-order valence-corrected chi connectivity index (χ2v) is 4.45. The molecule has 0 atom stereocenters. The fourth-order valence-corrected chi connectivity index (χ4v) is 2.17. The molecule has 0 radical (unpaired) electrons. The third-order valence-corrected chi connectivity index (χ3v) is 3.13. The number of nitrogens with zero attached hydrogens (tertiary/aromatic N) is 3. The van der Waals surface area contributed by atoms with Gasteiger partial charge in [-0.25, -0.2) is 4.98 Å². The summed E-state index contributed by atoms with van der Waals surface area (Å²) in [5.74, 6) is 0. The fourth-order valence-electron chi connectivity index (χ4n) is 2.17. The number of aryl methyl sites for hydroxylation is 1. The standard InChI is InChI=1S/C12H22N4/c1-2-8-15(7-1)10-5-13-4-3-9-16-11-6-14-12-16/h6,11-13H,1-5,7-10H2. The van der Waals surface area contributed by atoms with Crippen LogP contribution in [0.5, 0.6) is 0 Å². The minimum absolute atomic E-state index is 1.07. The number of imidazole rings is 1. The Labute approximate surface area is 97.7 Å². The second kappa shape index (κ2) is 6.66. The molecule has 0 unspecified atom stereocenters. The van der Waals surface area contributed by atoms with Gasteiger partial charge in [-0.05, 0) is 38.9 Å². The van der Waals surface area contributed by atoms with Crippen LogP contribution in [0.2, 0.25) is 0 Å². The van der Waals surface area contributed by atoms with E-state index >= 15 is 0 Å². The molecule has 1 saturated heterocycles. The van der Waals surface area contributed by atoms with Gasteiger partial charge in [0.15, 0.2) is 0 Å². The van der Waals surface area contributed by atoms with E-state index in [0.717, 1.165) is 19.6 Å². The lowest BCUT2D eigenvalue weighted by Crippen LogP contribution is -2.30. The maximum absolute atomic E-state index is 4.03. The lowest BCUT2D eigenvalue weighted by Gasteiger charge is -2.14. The molecule has 1 aliphatic rings. The lowest BCUT2D eigenvalue weighted by atomic mass is 10.4. The van der Waals surface area contributed by atoms with Gasteiger partial charge in [0.2, 0.25) is 0 Å². The van der Waals surface area contributed by atoms with Crippen molar-refractivity contribution in [2.24, 2.45) is 0 Å². The number of hydrogen-bond acceptors (Lipinski definition) is 3. The van der Waals surface area contributed by atoms with Gasteiger partial charge in [0.05, 0.1) is 6.33 Å². The molecule has 1 aliphatic heterocycles. The van der Waals surface area contributed by atoms with Crippen molar-refractivity contribution in [3.8, 4) is 0 Å². The Hall–Kier alpha value is -0.870. The Morgan fingerprint density at radius 2 is 2.00 bits per heavy atom. The molecule has 2 heterocycles. The Kier molecular flexibility index (Phi) is 4.83. The summed E-state index contributed by atoms with van der Waals surface area (Å²) in [5.41, 5.74) is 0. The van der Waals surface area contributed by atoms with Crippen LogP contribution < -0.4 is 5.32 Å². The molecule has 16 heavy (non-hydrogen) atoms. The van der Waals surface area contributed by atoms with Gasteiger partial charge in [-0.1, -0.05) is 0 Å². The van der Waals surface area contributed by atoms with Crippen LogP contribution in [0.25, 0.3) is 0 Å². The van der Waals surface area contributed by atoms with Crippen molar-refractivity contribution >= 4 is 0 Å². The highest BCUT2D eigenvalue weighted by Gasteiger charge is 2.09. The topological polar surface area (TPSA) is 33.1 Å². The summed E-state index contributed by atoms with van der Waals surface area (Å²) in [6.07, 6.45) is 9.69. The first kappa shape index (κ1) is 11.6. The highest BCUT2D eigenvalue weighted by molar-refractivity contribution is 4.73. The lowest BCUT2D eigenvalue weighted by molar-refractivity contribution is 0.335. The maximum Gasteiger partial charge on any atom is 0.0945 e. The van der Waals surface area contributed by atoms with E-state index in [9.17, 15) is 0 Å². The second-order valence-electron chi connectivity index (χ2n) is 4.45. The minimum atomic E-state index is 1.07. The first-order valence-electron chi connectivity index (χ1n) is 6.34. The largest absolute Gasteiger partial charge is 0.337 e. The number of likely N-dealkylation sites (tertiary alicyclic amines) is 1. The molecular formula is C12H22N4. The van der Waals surface area contributed by atoms with Crippen LogP contribution in [0.1, 0.15) is 19.3 Å². The SMILES string of the molecule is c1cn(CCCNCCN2CCCC2)cn1. The quantitative estimate of drug-likeness (QED) is 0.698. The van der Waals surface area contributed by atoms with E-state index in [2.05, 4.69) is 19.8 Å². The zero-order valence-corrected chi connectivity index (χ0v) is 9.94. The molecule has 1 fully saturated rings. The zero-order valence-electron chi connectivity index (χ0n) is 9.94. The number of hydrogen-bond donors (Lipinski definition) is 1. The summed E-state index contributed by atoms with van der Waals surface area (Å²) >= 11 is 0. The average Bonchev–Trinajstić information content (AvgIpc) is 2.96. The molecule has 1 N–H and O–H groups in total. The summed E-state index contributed by atoms with van der Waals surface area (Å²) in [6.45, 7) is 7.12. The van der Waals surface area contributed by atoms with Crippen LogP contribution in [0.3, 0.4) is 0 Å². The van der Waals surface area contributed by atoms with Crippen LogP contribution in [-0.2, 0) is 6.54 Å². The van der Waals surface area contributed by atoms with E-state index in [0.29, 0.717) is 0 Å². The van der Waals surface area contributed by atoms with Gasteiger partial charge in [0, 0.05) is 32.0 Å². The Morgan fingerprint density at radius 3 is 2.75 bits per heavy atom. The fraction of sp³-hybridized carbons (Fsp3) is 0.750. The normalized spacial score (nSPS) is 17.0. The Bertz CT molecular complexity index is 265. The smallest absolute Gasteiger partial charge is 0.0945 e. The summed E-state index contributed by atoms with van der Waals surface area (Å²) in [5, 5.41) is 3.50. The molecule has 90 valence electrons. The monoisotopic (exact) mass is 222 g/mol. The van der Waals surface area contributed by atoms with Crippen molar-refractivity contribution in [3.05, 3.63) is 18.7 Å². The van der Waals surface area contributed by atoms with Crippen molar-refractivity contribution in [1.29, 1.82) is 0 Å². The van der Waals surface area contributed by atoms with Crippen molar-refractivity contribution in [2.45, 2.75) is 25.8 Å². The first-order chi connectivity index (χ1) is 7.95. The zero-order chi connectivity index (χ0) is 11.1. The Morgan fingerprint density at radius 1 is 1.12 bits per heavy atom. The summed E-state index contributed by atoms with van der Waals surface area (Å²) in [7, 11) is 0. The van der Waals surface area contributed by atoms with E-state index in [1.54, 1.807) is 0 Å². The van der Waals surface area contributed by atoms with Crippen LogP contribution in [0.15, 0.2) is 18.7 Å². The van der Waals surface area contributed by atoms with Crippen molar-refractivity contribution in [1.82, 2.24) is 19.8 Å². The molecule has 4 nitrogen and oxygen atoms in total. The third-order valence-electron chi connectivity index (χ3n) is 3.13. The van der Waals surface area contributed by atoms with E-state index in [1.165, 1.54) is 38.9 Å². The van der Waals surface area contributed by atoms with Gasteiger partial charge in [-0.15, -0.1) is 0 Å². The van der Waals surface area contributed by atoms with Crippen LogP contribution in [0, 0.1) is 0 Å². The maximum atomic E-state index is 4.03. The molecular weight excluding hydrogens is 200 g/mol. The molecule has 0 bridgehead atoms. The van der Waals surface area contributed by atoms with Gasteiger partial charge in [0.25, 0.3) is 0 Å². The van der Waals surface area contributed by atoms with Gasteiger partial charge in [0.1, 0.15) is 0 Å². The highest BCUT2D eigenvalue weighted by atomic mass is 15.1. The summed E-state index contributed by atoms with van der Waals surface area (Å²) < 4.78 is 2.13. The number of nitrogens with one attached hydrogen (secondary N) is 1. The average molecular weight is 222 g/mol. The molecule has 0 aliphatic carbocycles. The van der Waals surface area contributed by atoms with E-state index < -0.39 is 0 Å². The number of rotatable bonds is 7. The van der Waals surface area contributed by atoms with Gasteiger partial charge < -0.3 is 14.8 Å². The molecule has 0 amide bonds. The molecule has 0 saturated carbocycles. The highest BCUT2D eigenvalue weighted by Crippen LogP contribution is 2.05. The van der Waals surface area contributed by atoms with Crippen LogP contribution in [-0.4, -0.2) is 47.2 Å². The van der Waals surface area contributed by atoms with E-state index in [1.807, 2.05) is 18.7 Å². The molecule has 0 aromatic carbocycles. The van der Waals surface area contributed by atoms with Gasteiger partial charge >= 0.3 is 0 Å². The Balaban J connectivity index is 1.43. The van der Waals surface area contributed by atoms with Gasteiger partial charge in [-0.2, -0.15) is 0 Å². The van der Waals surface area contributed by atoms with E-state index in [-0.39, 0.29) is 0 Å². The molecule has 1 aromatic heterocycles. The van der Waals surface area contributed by atoms with Crippen LogP contribution in [0.4, 0.5) is 0 Å². The van der Waals surface area contributed by atoms with Crippen molar-refractivity contribution in [3.63, 3.8) is 0 Å². The molecule has 1 aromatic rings. The summed E-state index contributed by atoms with van der Waals surface area (Å²) in [4.78, 5) is 6.57. The molecule has 4 heteroatoms.